The average Bonchev–Trinajstić information content (AvgIpc) is 3.21. The number of hydrogen-bond donors (Lipinski definition) is 1. The first kappa shape index (κ1) is 24.9. The summed E-state index contributed by atoms with van der Waals surface area (Å²) < 4.78 is 46.1. The van der Waals surface area contributed by atoms with E-state index in [1.165, 1.54) is 36.2 Å². The molecule has 7 nitrogen and oxygen atoms in total. The van der Waals surface area contributed by atoms with Crippen molar-refractivity contribution in [1.29, 1.82) is 0 Å². The van der Waals surface area contributed by atoms with Crippen LogP contribution >= 0.6 is 0 Å². The second-order valence-corrected chi connectivity index (χ2v) is 8.50. The van der Waals surface area contributed by atoms with Crippen LogP contribution in [0.5, 0.6) is 0 Å². The van der Waals surface area contributed by atoms with Gasteiger partial charge in [0.15, 0.2) is 0 Å². The van der Waals surface area contributed by atoms with Crippen molar-refractivity contribution in [2.24, 2.45) is 0 Å². The maximum Gasteiger partial charge on any atom is 0.417 e. The number of carbonyl (C=O) groups is 2. The van der Waals surface area contributed by atoms with Crippen LogP contribution in [0.4, 0.5) is 18.9 Å². The number of carbonyl (C=O) groups excluding carboxylic acids is 2. The van der Waals surface area contributed by atoms with E-state index in [2.05, 4.69) is 15.5 Å². The van der Waals surface area contributed by atoms with Crippen LogP contribution in [0, 0.1) is 20.8 Å². The standard InChI is InChI=1S/C26H23F3N4O3/c1-14-8-7-11-20(15(14)2)30-22(34)13-33(4)25(35)18-12-21(31-24-23(18)16(3)32-36-24)17-9-5-6-10-19(17)26(27,28)29/h5-12H,13H2,1-4H3,(H,30,34). The van der Waals surface area contributed by atoms with Crippen molar-refractivity contribution in [2.75, 3.05) is 18.9 Å². The number of halogens is 3. The summed E-state index contributed by atoms with van der Waals surface area (Å²) in [4.78, 5) is 31.5. The second-order valence-electron chi connectivity index (χ2n) is 8.50. The molecule has 0 saturated heterocycles. The second kappa shape index (κ2) is 9.44. The zero-order valence-corrected chi connectivity index (χ0v) is 20.0. The van der Waals surface area contributed by atoms with Crippen molar-refractivity contribution in [3.05, 3.63) is 76.5 Å². The summed E-state index contributed by atoms with van der Waals surface area (Å²) in [6, 6.07) is 11.7. The molecule has 2 aromatic carbocycles. The number of hydrogen-bond acceptors (Lipinski definition) is 5. The van der Waals surface area contributed by atoms with E-state index in [0.717, 1.165) is 17.2 Å². The first-order chi connectivity index (χ1) is 17.0. The predicted octanol–water partition coefficient (Wildman–Crippen LogP) is 5.54. The zero-order valence-electron chi connectivity index (χ0n) is 20.0. The number of pyridine rings is 1. The molecule has 0 aliphatic rings. The molecule has 0 radical (unpaired) electrons. The van der Waals surface area contributed by atoms with Crippen molar-refractivity contribution in [1.82, 2.24) is 15.0 Å². The Balaban J connectivity index is 1.69. The molecule has 0 atom stereocenters. The van der Waals surface area contributed by atoms with Crippen molar-refractivity contribution in [2.45, 2.75) is 26.9 Å². The number of amides is 2. The van der Waals surface area contributed by atoms with Gasteiger partial charge in [-0.05, 0) is 50.1 Å². The van der Waals surface area contributed by atoms with Gasteiger partial charge in [-0.1, -0.05) is 35.5 Å². The fraction of sp³-hybridized carbons (Fsp3) is 0.231. The SMILES string of the molecule is Cc1cccc(NC(=O)CN(C)C(=O)c2cc(-c3ccccc3C(F)(F)F)nc3onc(C)c23)c1C. The number of aryl methyl sites for hydroxylation is 2. The molecule has 0 fully saturated rings. The van der Waals surface area contributed by atoms with Crippen LogP contribution < -0.4 is 5.32 Å². The van der Waals surface area contributed by atoms with E-state index in [-0.39, 0.29) is 34.5 Å². The van der Waals surface area contributed by atoms with Crippen LogP contribution in [0.25, 0.3) is 22.4 Å². The third kappa shape index (κ3) is 4.79. The summed E-state index contributed by atoms with van der Waals surface area (Å²) in [5, 5.41) is 6.89. The number of anilines is 1. The molecular formula is C26H23F3N4O3. The smallest absolute Gasteiger partial charge is 0.335 e. The number of aromatic nitrogens is 2. The molecule has 4 aromatic rings. The lowest BCUT2D eigenvalue weighted by Crippen LogP contribution is -2.35. The van der Waals surface area contributed by atoms with Crippen LogP contribution in [0.3, 0.4) is 0 Å². The van der Waals surface area contributed by atoms with Gasteiger partial charge < -0.3 is 14.7 Å². The van der Waals surface area contributed by atoms with Gasteiger partial charge in [-0.2, -0.15) is 13.2 Å². The number of likely N-dealkylation sites (N-methyl/N-ethyl adjacent to an activating group) is 1. The Morgan fingerprint density at radius 1 is 1.06 bits per heavy atom. The van der Waals surface area contributed by atoms with E-state index >= 15 is 0 Å². The molecule has 4 rings (SSSR count). The van der Waals surface area contributed by atoms with Crippen LogP contribution in [0.2, 0.25) is 0 Å². The molecular weight excluding hydrogens is 473 g/mol. The van der Waals surface area contributed by atoms with E-state index in [0.29, 0.717) is 11.4 Å². The van der Waals surface area contributed by atoms with Gasteiger partial charge in [0.2, 0.25) is 5.91 Å². The summed E-state index contributed by atoms with van der Waals surface area (Å²) in [7, 11) is 1.43. The highest BCUT2D eigenvalue weighted by atomic mass is 19.4. The molecule has 0 unspecified atom stereocenters. The Labute approximate surface area is 204 Å². The summed E-state index contributed by atoms with van der Waals surface area (Å²) in [6.07, 6.45) is -4.63. The Kier molecular flexibility index (Phi) is 6.53. The minimum atomic E-state index is -4.63. The highest BCUT2D eigenvalue weighted by Crippen LogP contribution is 2.37. The van der Waals surface area contributed by atoms with E-state index < -0.39 is 23.6 Å². The van der Waals surface area contributed by atoms with Gasteiger partial charge in [0.05, 0.1) is 34.4 Å². The van der Waals surface area contributed by atoms with Gasteiger partial charge in [0, 0.05) is 18.3 Å². The van der Waals surface area contributed by atoms with Crippen molar-refractivity contribution in [3.8, 4) is 11.3 Å². The quantitative estimate of drug-likeness (QED) is 0.392. The molecule has 2 amide bonds. The average molecular weight is 496 g/mol. The lowest BCUT2D eigenvalue weighted by Gasteiger charge is -2.19. The molecule has 2 heterocycles. The number of rotatable bonds is 5. The van der Waals surface area contributed by atoms with E-state index in [1.807, 2.05) is 26.0 Å². The molecule has 36 heavy (non-hydrogen) atoms. The van der Waals surface area contributed by atoms with Gasteiger partial charge in [0.25, 0.3) is 11.6 Å². The minimum absolute atomic E-state index is 0.0350. The number of nitrogens with zero attached hydrogens (tertiary/aromatic N) is 3. The first-order valence-electron chi connectivity index (χ1n) is 11.0. The molecule has 1 N–H and O–H groups in total. The number of fused-ring (bicyclic) bond motifs is 1. The molecule has 186 valence electrons. The molecule has 10 heteroatoms. The fourth-order valence-electron chi connectivity index (χ4n) is 3.92. The highest BCUT2D eigenvalue weighted by Gasteiger charge is 2.34. The normalized spacial score (nSPS) is 11.5. The summed E-state index contributed by atoms with van der Waals surface area (Å²) in [5.41, 5.74) is 1.67. The van der Waals surface area contributed by atoms with Crippen LogP contribution in [-0.4, -0.2) is 40.4 Å². The third-order valence-electron chi connectivity index (χ3n) is 5.96. The number of benzene rings is 2. The van der Waals surface area contributed by atoms with Gasteiger partial charge in [-0.25, -0.2) is 4.98 Å². The summed E-state index contributed by atoms with van der Waals surface area (Å²) in [6.45, 7) is 5.11. The van der Waals surface area contributed by atoms with Gasteiger partial charge in [-0.15, -0.1) is 0 Å². The highest BCUT2D eigenvalue weighted by molar-refractivity contribution is 6.08. The van der Waals surface area contributed by atoms with Gasteiger partial charge in [-0.3, -0.25) is 9.59 Å². The lowest BCUT2D eigenvalue weighted by atomic mass is 10.0. The Morgan fingerprint density at radius 3 is 2.50 bits per heavy atom. The molecule has 0 aliphatic heterocycles. The van der Waals surface area contributed by atoms with E-state index in [9.17, 15) is 22.8 Å². The molecule has 0 saturated carbocycles. The number of alkyl halides is 3. The molecule has 0 aliphatic carbocycles. The van der Waals surface area contributed by atoms with Gasteiger partial charge >= 0.3 is 6.18 Å². The zero-order chi connectivity index (χ0) is 26.2. The van der Waals surface area contributed by atoms with E-state index in [4.69, 9.17) is 4.52 Å². The summed E-state index contributed by atoms with van der Waals surface area (Å²) in [5.74, 6) is -1.01. The Morgan fingerprint density at radius 2 is 1.78 bits per heavy atom. The Bertz CT molecular complexity index is 1480. The van der Waals surface area contributed by atoms with Crippen molar-refractivity contribution in [3.63, 3.8) is 0 Å². The van der Waals surface area contributed by atoms with Crippen molar-refractivity contribution < 1.29 is 27.3 Å². The maximum atomic E-state index is 13.6. The summed E-state index contributed by atoms with van der Waals surface area (Å²) >= 11 is 0. The third-order valence-corrected chi connectivity index (χ3v) is 5.96. The number of nitrogens with one attached hydrogen (secondary N) is 1. The molecule has 0 spiro atoms. The minimum Gasteiger partial charge on any atom is -0.335 e. The fourth-order valence-corrected chi connectivity index (χ4v) is 3.92. The maximum absolute atomic E-state index is 13.6. The lowest BCUT2D eigenvalue weighted by molar-refractivity contribution is -0.137. The van der Waals surface area contributed by atoms with Gasteiger partial charge in [0.1, 0.15) is 0 Å². The molecule has 0 bridgehead atoms. The first-order valence-corrected chi connectivity index (χ1v) is 11.0. The largest absolute Gasteiger partial charge is 0.417 e. The topological polar surface area (TPSA) is 88.3 Å². The van der Waals surface area contributed by atoms with Crippen LogP contribution in [0.1, 0.15) is 32.7 Å². The Hall–Kier alpha value is -4.21. The van der Waals surface area contributed by atoms with E-state index in [1.54, 1.807) is 13.0 Å². The van der Waals surface area contributed by atoms with Crippen LogP contribution in [0.15, 0.2) is 53.1 Å². The molecule has 2 aromatic heterocycles. The van der Waals surface area contributed by atoms with Crippen LogP contribution in [-0.2, 0) is 11.0 Å². The van der Waals surface area contributed by atoms with Crippen molar-refractivity contribution >= 4 is 28.6 Å². The monoisotopic (exact) mass is 496 g/mol. The predicted molar refractivity (Wildman–Crippen MR) is 128 cm³/mol.